The van der Waals surface area contributed by atoms with Gasteiger partial charge in [0.15, 0.2) is 0 Å². The maximum absolute atomic E-state index is 3.96. The minimum atomic E-state index is 0.526. The molecule has 1 N–H and O–H groups in total. The normalized spacial score (nSPS) is 24.8. The van der Waals surface area contributed by atoms with Crippen molar-refractivity contribution in [2.24, 2.45) is 11.8 Å². The van der Waals surface area contributed by atoms with Gasteiger partial charge in [-0.3, -0.25) is 0 Å². The molecule has 1 aliphatic rings. The zero-order valence-electron chi connectivity index (χ0n) is 12.7. The Labute approximate surface area is 118 Å². The van der Waals surface area contributed by atoms with Gasteiger partial charge in [-0.05, 0) is 36.7 Å². The van der Waals surface area contributed by atoms with E-state index in [2.05, 4.69) is 56.4 Å². The van der Waals surface area contributed by atoms with Crippen LogP contribution in [0.2, 0.25) is 0 Å². The van der Waals surface area contributed by atoms with Crippen LogP contribution in [0.5, 0.6) is 0 Å². The van der Waals surface area contributed by atoms with Crippen molar-refractivity contribution in [3.8, 4) is 0 Å². The molecule has 0 aromatic heterocycles. The van der Waals surface area contributed by atoms with Crippen LogP contribution in [0.3, 0.4) is 0 Å². The molecule has 0 bridgehead atoms. The molecule has 3 unspecified atom stereocenters. The second-order valence-corrected chi connectivity index (χ2v) is 6.47. The smallest absolute Gasteiger partial charge is 0.0325 e. The van der Waals surface area contributed by atoms with Gasteiger partial charge in [0.25, 0.3) is 0 Å². The van der Waals surface area contributed by atoms with Crippen LogP contribution in [0, 0.1) is 11.8 Å². The van der Waals surface area contributed by atoms with E-state index in [0.717, 1.165) is 17.9 Å². The quantitative estimate of drug-likeness (QED) is 0.763. The molecule has 1 saturated carbocycles. The minimum Gasteiger partial charge on any atom is -0.307 e. The molecule has 0 spiro atoms. The summed E-state index contributed by atoms with van der Waals surface area (Å²) in [7, 11) is 0. The third-order valence-corrected chi connectivity index (χ3v) is 4.51. The first-order chi connectivity index (χ1) is 9.20. The molecular formula is C18H29N. The summed E-state index contributed by atoms with van der Waals surface area (Å²) in [5.74, 6) is 1.62. The molecule has 0 radical (unpaired) electrons. The average Bonchev–Trinajstić information content (AvgIpc) is 2.86. The van der Waals surface area contributed by atoms with Crippen molar-refractivity contribution < 1.29 is 0 Å². The van der Waals surface area contributed by atoms with Crippen LogP contribution >= 0.6 is 0 Å². The van der Waals surface area contributed by atoms with Gasteiger partial charge in [-0.15, -0.1) is 0 Å². The number of nitrogens with one attached hydrogen (secondary N) is 1. The Morgan fingerprint density at radius 2 is 1.89 bits per heavy atom. The highest BCUT2D eigenvalue weighted by Crippen LogP contribution is 2.31. The van der Waals surface area contributed by atoms with E-state index in [4.69, 9.17) is 0 Å². The van der Waals surface area contributed by atoms with E-state index in [1.807, 2.05) is 0 Å². The van der Waals surface area contributed by atoms with Gasteiger partial charge in [0, 0.05) is 12.1 Å². The molecule has 1 aliphatic carbocycles. The maximum atomic E-state index is 3.96. The second kappa shape index (κ2) is 7.09. The minimum absolute atomic E-state index is 0.526. The monoisotopic (exact) mass is 259 g/mol. The van der Waals surface area contributed by atoms with E-state index < -0.39 is 0 Å². The topological polar surface area (TPSA) is 12.0 Å². The fraction of sp³-hybridized carbons (Fsp3) is 0.667. The number of hydrogen-bond acceptors (Lipinski definition) is 1. The van der Waals surface area contributed by atoms with Crippen LogP contribution in [0.4, 0.5) is 0 Å². The first-order valence-electron chi connectivity index (χ1n) is 8.01. The number of benzene rings is 1. The van der Waals surface area contributed by atoms with Crippen molar-refractivity contribution in [1.82, 2.24) is 5.32 Å². The summed E-state index contributed by atoms with van der Waals surface area (Å²) in [4.78, 5) is 0. The molecule has 0 amide bonds. The summed E-state index contributed by atoms with van der Waals surface area (Å²) in [5.41, 5.74) is 1.46. The number of hydrogen-bond donors (Lipinski definition) is 1. The van der Waals surface area contributed by atoms with Crippen molar-refractivity contribution in [3.05, 3.63) is 35.9 Å². The summed E-state index contributed by atoms with van der Waals surface area (Å²) in [5, 5.41) is 3.96. The molecule has 3 atom stereocenters. The summed E-state index contributed by atoms with van der Waals surface area (Å²) >= 11 is 0. The van der Waals surface area contributed by atoms with Gasteiger partial charge < -0.3 is 5.32 Å². The lowest BCUT2D eigenvalue weighted by molar-refractivity contribution is 0.322. The molecule has 1 aromatic rings. The van der Waals surface area contributed by atoms with Crippen LogP contribution in [0.25, 0.3) is 0 Å². The molecule has 2 rings (SSSR count). The lowest BCUT2D eigenvalue weighted by atomic mass is 9.93. The van der Waals surface area contributed by atoms with E-state index in [1.165, 1.54) is 37.7 Å². The van der Waals surface area contributed by atoms with Gasteiger partial charge in [-0.2, -0.15) is 0 Å². The highest BCUT2D eigenvalue weighted by Gasteiger charge is 2.28. The molecule has 19 heavy (non-hydrogen) atoms. The SMILES string of the molecule is CCC1CCCC1NC(CC(C)C)c1ccccc1. The Balaban J connectivity index is 2.06. The lowest BCUT2D eigenvalue weighted by Gasteiger charge is -2.28. The Hall–Kier alpha value is -0.820. The van der Waals surface area contributed by atoms with Crippen LogP contribution in [-0.4, -0.2) is 6.04 Å². The predicted octanol–water partition coefficient (Wildman–Crippen LogP) is 4.94. The van der Waals surface area contributed by atoms with E-state index in [1.54, 1.807) is 0 Å². The fourth-order valence-electron chi connectivity index (χ4n) is 3.46. The van der Waals surface area contributed by atoms with Crippen LogP contribution in [0.15, 0.2) is 30.3 Å². The fourth-order valence-corrected chi connectivity index (χ4v) is 3.46. The first kappa shape index (κ1) is 14.6. The van der Waals surface area contributed by atoms with Crippen molar-refractivity contribution >= 4 is 0 Å². The first-order valence-corrected chi connectivity index (χ1v) is 8.01. The maximum Gasteiger partial charge on any atom is 0.0325 e. The highest BCUT2D eigenvalue weighted by atomic mass is 15.0. The van der Waals surface area contributed by atoms with Crippen LogP contribution in [-0.2, 0) is 0 Å². The van der Waals surface area contributed by atoms with Gasteiger partial charge in [0.1, 0.15) is 0 Å². The molecule has 0 saturated heterocycles. The van der Waals surface area contributed by atoms with E-state index in [-0.39, 0.29) is 0 Å². The molecule has 0 heterocycles. The molecule has 0 aliphatic heterocycles. The standard InChI is InChI=1S/C18H29N/c1-4-15-11-8-12-17(15)19-18(13-14(2)3)16-9-6-5-7-10-16/h5-7,9-10,14-15,17-19H,4,8,11-13H2,1-3H3. The summed E-state index contributed by atoms with van der Waals surface area (Å²) in [6.45, 7) is 6.98. The van der Waals surface area contributed by atoms with Crippen molar-refractivity contribution in [2.45, 2.75) is 65.0 Å². The molecule has 1 fully saturated rings. The Kier molecular flexibility index (Phi) is 5.45. The van der Waals surface area contributed by atoms with E-state index in [9.17, 15) is 0 Å². The molecule has 1 aromatic carbocycles. The summed E-state index contributed by atoms with van der Waals surface area (Å²) < 4.78 is 0. The predicted molar refractivity (Wildman–Crippen MR) is 83.2 cm³/mol. The van der Waals surface area contributed by atoms with E-state index >= 15 is 0 Å². The van der Waals surface area contributed by atoms with Crippen molar-refractivity contribution in [1.29, 1.82) is 0 Å². The van der Waals surface area contributed by atoms with Gasteiger partial charge in [-0.25, -0.2) is 0 Å². The molecule has 106 valence electrons. The largest absolute Gasteiger partial charge is 0.307 e. The second-order valence-electron chi connectivity index (χ2n) is 6.47. The Morgan fingerprint density at radius 3 is 2.53 bits per heavy atom. The van der Waals surface area contributed by atoms with Crippen LogP contribution < -0.4 is 5.32 Å². The Morgan fingerprint density at radius 1 is 1.16 bits per heavy atom. The summed E-state index contributed by atoms with van der Waals surface area (Å²) in [6.07, 6.45) is 6.73. The van der Waals surface area contributed by atoms with Crippen molar-refractivity contribution in [2.75, 3.05) is 0 Å². The van der Waals surface area contributed by atoms with Gasteiger partial charge >= 0.3 is 0 Å². The highest BCUT2D eigenvalue weighted by molar-refractivity contribution is 5.19. The van der Waals surface area contributed by atoms with E-state index in [0.29, 0.717) is 6.04 Å². The van der Waals surface area contributed by atoms with Crippen LogP contribution in [0.1, 0.15) is 64.5 Å². The van der Waals surface area contributed by atoms with Crippen molar-refractivity contribution in [3.63, 3.8) is 0 Å². The average molecular weight is 259 g/mol. The third kappa shape index (κ3) is 4.07. The lowest BCUT2D eigenvalue weighted by Crippen LogP contribution is -2.36. The van der Waals surface area contributed by atoms with Gasteiger partial charge in [-0.1, -0.05) is 63.9 Å². The number of rotatable bonds is 6. The summed E-state index contributed by atoms with van der Waals surface area (Å²) in [6, 6.07) is 12.2. The van der Waals surface area contributed by atoms with Gasteiger partial charge in [0.2, 0.25) is 0 Å². The zero-order chi connectivity index (χ0) is 13.7. The zero-order valence-corrected chi connectivity index (χ0v) is 12.7. The third-order valence-electron chi connectivity index (χ3n) is 4.51. The molecular weight excluding hydrogens is 230 g/mol. The molecule has 1 heteroatoms. The molecule has 1 nitrogen and oxygen atoms in total. The van der Waals surface area contributed by atoms with Gasteiger partial charge in [0.05, 0.1) is 0 Å². The Bertz CT molecular complexity index is 357.